The summed E-state index contributed by atoms with van der Waals surface area (Å²) in [4.78, 5) is 16.2. The molecular formula is C20H21BrN2O3. The van der Waals surface area contributed by atoms with E-state index >= 15 is 0 Å². The first-order valence-electron chi connectivity index (χ1n) is 8.91. The molecule has 0 bridgehead atoms. The summed E-state index contributed by atoms with van der Waals surface area (Å²) >= 11 is 3.52. The smallest absolute Gasteiger partial charge is 0.267 e. The van der Waals surface area contributed by atoms with E-state index in [1.165, 1.54) is 11.1 Å². The fraction of sp³-hybridized carbons (Fsp3) is 0.400. The number of nitrogens with two attached hydrogens (primary N) is 1. The molecule has 1 amide bonds. The molecule has 4 rings (SSSR count). The highest BCUT2D eigenvalue weighted by Crippen LogP contribution is 2.37. The number of ether oxygens (including phenoxy) is 2. The Morgan fingerprint density at radius 1 is 1.31 bits per heavy atom. The minimum Gasteiger partial charge on any atom is -0.489 e. The quantitative estimate of drug-likeness (QED) is 0.810. The van der Waals surface area contributed by atoms with E-state index in [4.69, 9.17) is 15.2 Å². The van der Waals surface area contributed by atoms with Crippen molar-refractivity contribution in [2.75, 3.05) is 13.2 Å². The molecule has 5 nitrogen and oxygen atoms in total. The molecule has 136 valence electrons. The van der Waals surface area contributed by atoms with Gasteiger partial charge in [-0.15, -0.1) is 0 Å². The van der Waals surface area contributed by atoms with Gasteiger partial charge in [-0.05, 0) is 66.5 Å². The van der Waals surface area contributed by atoms with Crippen LogP contribution in [-0.2, 0) is 17.6 Å². The number of nitrogens with zero attached hydrogens (tertiary/aromatic N) is 1. The van der Waals surface area contributed by atoms with Crippen molar-refractivity contribution in [3.05, 3.63) is 57.3 Å². The number of carbonyl (C=O) groups excluding carboxylic acids is 1. The van der Waals surface area contributed by atoms with Crippen LogP contribution in [-0.4, -0.2) is 30.2 Å². The van der Waals surface area contributed by atoms with Gasteiger partial charge in [-0.2, -0.15) is 0 Å². The van der Waals surface area contributed by atoms with Crippen LogP contribution in [0.2, 0.25) is 0 Å². The highest BCUT2D eigenvalue weighted by atomic mass is 79.9. The number of benzene rings is 1. The van der Waals surface area contributed by atoms with Gasteiger partial charge in [0, 0.05) is 11.1 Å². The van der Waals surface area contributed by atoms with Gasteiger partial charge >= 0.3 is 0 Å². The van der Waals surface area contributed by atoms with E-state index < -0.39 is 5.91 Å². The summed E-state index contributed by atoms with van der Waals surface area (Å²) in [6.45, 7) is 1.31. The zero-order valence-corrected chi connectivity index (χ0v) is 16.0. The highest BCUT2D eigenvalue weighted by Gasteiger charge is 2.27. The standard InChI is InChI=1S/C20H21BrN2O3/c21-15-4-3-12-6-14(7-13(12)8-15)18-9-17(10-23-19(18)20(22)24)26-11-16-2-1-5-25-16/h3-4,8-10,14,16H,1-2,5-7,11H2,(H2,22,24)/t14-,16+/m1/s1. The predicted molar refractivity (Wildman–Crippen MR) is 102 cm³/mol. The number of fused-ring (bicyclic) bond motifs is 1. The zero-order valence-electron chi connectivity index (χ0n) is 14.4. The van der Waals surface area contributed by atoms with Crippen molar-refractivity contribution in [2.45, 2.75) is 37.7 Å². The molecule has 0 saturated carbocycles. The number of pyridine rings is 1. The van der Waals surface area contributed by atoms with E-state index in [0.717, 1.165) is 42.3 Å². The van der Waals surface area contributed by atoms with Crippen molar-refractivity contribution < 1.29 is 14.3 Å². The third-order valence-electron chi connectivity index (χ3n) is 5.13. The Morgan fingerprint density at radius 3 is 2.92 bits per heavy atom. The minimum atomic E-state index is -0.497. The van der Waals surface area contributed by atoms with Crippen LogP contribution in [0.1, 0.15) is 45.9 Å². The SMILES string of the molecule is NC(=O)c1ncc(OC[C@@H]2CCCO2)cc1[C@@H]1Cc2ccc(Br)cc2C1. The van der Waals surface area contributed by atoms with Crippen LogP contribution in [0, 0.1) is 0 Å². The molecule has 1 aromatic carbocycles. The number of amides is 1. The molecule has 0 spiro atoms. The molecule has 2 heterocycles. The van der Waals surface area contributed by atoms with Crippen LogP contribution < -0.4 is 10.5 Å². The Hall–Kier alpha value is -1.92. The highest BCUT2D eigenvalue weighted by molar-refractivity contribution is 9.10. The third kappa shape index (κ3) is 3.62. The van der Waals surface area contributed by atoms with Crippen LogP contribution in [0.25, 0.3) is 0 Å². The Labute approximate surface area is 161 Å². The van der Waals surface area contributed by atoms with E-state index in [1.54, 1.807) is 6.20 Å². The summed E-state index contributed by atoms with van der Waals surface area (Å²) < 4.78 is 12.5. The second kappa shape index (κ2) is 7.37. The number of rotatable bonds is 5. The fourth-order valence-corrected chi connectivity index (χ4v) is 4.24. The van der Waals surface area contributed by atoms with E-state index in [-0.39, 0.29) is 12.0 Å². The van der Waals surface area contributed by atoms with Crippen LogP contribution in [0.3, 0.4) is 0 Å². The maximum atomic E-state index is 11.9. The van der Waals surface area contributed by atoms with Gasteiger partial charge < -0.3 is 15.2 Å². The first-order chi connectivity index (χ1) is 12.6. The van der Waals surface area contributed by atoms with Gasteiger partial charge in [-0.25, -0.2) is 4.98 Å². The van der Waals surface area contributed by atoms with Crippen molar-refractivity contribution >= 4 is 21.8 Å². The maximum absolute atomic E-state index is 11.9. The lowest BCUT2D eigenvalue weighted by Crippen LogP contribution is -2.19. The van der Waals surface area contributed by atoms with Crippen molar-refractivity contribution in [3.8, 4) is 5.75 Å². The molecule has 2 N–H and O–H groups in total. The van der Waals surface area contributed by atoms with Crippen molar-refractivity contribution in [1.29, 1.82) is 0 Å². The van der Waals surface area contributed by atoms with Gasteiger partial charge in [-0.1, -0.05) is 22.0 Å². The topological polar surface area (TPSA) is 74.4 Å². The Bertz CT molecular complexity index is 834. The lowest BCUT2D eigenvalue weighted by Gasteiger charge is -2.16. The Balaban J connectivity index is 1.57. The molecule has 1 aliphatic heterocycles. The molecule has 0 radical (unpaired) electrons. The summed E-state index contributed by atoms with van der Waals surface area (Å²) in [5, 5.41) is 0. The lowest BCUT2D eigenvalue weighted by molar-refractivity contribution is 0.0677. The molecular weight excluding hydrogens is 396 g/mol. The average molecular weight is 417 g/mol. The van der Waals surface area contributed by atoms with Gasteiger partial charge in [0.15, 0.2) is 0 Å². The molecule has 6 heteroatoms. The molecule has 1 aliphatic carbocycles. The minimum absolute atomic E-state index is 0.141. The van der Waals surface area contributed by atoms with E-state index in [1.807, 2.05) is 6.07 Å². The van der Waals surface area contributed by atoms with Crippen LogP contribution in [0.15, 0.2) is 34.9 Å². The van der Waals surface area contributed by atoms with E-state index in [0.29, 0.717) is 18.1 Å². The van der Waals surface area contributed by atoms with Gasteiger partial charge in [0.25, 0.3) is 5.91 Å². The van der Waals surface area contributed by atoms with Gasteiger partial charge in [0.2, 0.25) is 0 Å². The van der Waals surface area contributed by atoms with Crippen LogP contribution >= 0.6 is 15.9 Å². The monoisotopic (exact) mass is 416 g/mol. The fourth-order valence-electron chi connectivity index (χ4n) is 3.83. The molecule has 2 aromatic rings. The molecule has 0 unspecified atom stereocenters. The maximum Gasteiger partial charge on any atom is 0.267 e. The van der Waals surface area contributed by atoms with Crippen molar-refractivity contribution in [3.63, 3.8) is 0 Å². The summed E-state index contributed by atoms with van der Waals surface area (Å²) in [6, 6.07) is 8.25. The lowest BCUT2D eigenvalue weighted by atomic mass is 9.94. The van der Waals surface area contributed by atoms with Crippen molar-refractivity contribution in [2.24, 2.45) is 5.73 Å². The van der Waals surface area contributed by atoms with Gasteiger partial charge in [0.1, 0.15) is 18.1 Å². The normalized spacial score (nSPS) is 21.6. The van der Waals surface area contributed by atoms with Gasteiger partial charge in [0.05, 0.1) is 12.3 Å². The first-order valence-corrected chi connectivity index (χ1v) is 9.71. The van der Waals surface area contributed by atoms with Crippen molar-refractivity contribution in [1.82, 2.24) is 4.98 Å². The predicted octanol–water partition coefficient (Wildman–Crippen LogP) is 3.38. The molecule has 1 fully saturated rings. The Morgan fingerprint density at radius 2 is 2.15 bits per heavy atom. The second-order valence-corrected chi connectivity index (χ2v) is 7.85. The Kier molecular flexibility index (Phi) is 4.96. The number of hydrogen-bond acceptors (Lipinski definition) is 4. The van der Waals surface area contributed by atoms with E-state index in [9.17, 15) is 4.79 Å². The second-order valence-electron chi connectivity index (χ2n) is 6.94. The number of carbonyl (C=O) groups is 1. The number of aromatic nitrogens is 1. The molecule has 1 saturated heterocycles. The van der Waals surface area contributed by atoms with Crippen LogP contribution in [0.5, 0.6) is 5.75 Å². The first kappa shape index (κ1) is 17.5. The zero-order chi connectivity index (χ0) is 18.1. The third-order valence-corrected chi connectivity index (χ3v) is 5.62. The molecule has 26 heavy (non-hydrogen) atoms. The average Bonchev–Trinajstić information content (AvgIpc) is 3.28. The summed E-state index contributed by atoms with van der Waals surface area (Å²) in [6.07, 6.45) is 5.56. The molecule has 2 aliphatic rings. The number of halogens is 1. The number of hydrogen-bond donors (Lipinski definition) is 1. The van der Waals surface area contributed by atoms with E-state index in [2.05, 4.69) is 39.1 Å². The van der Waals surface area contributed by atoms with Gasteiger partial charge in [-0.3, -0.25) is 4.79 Å². The summed E-state index contributed by atoms with van der Waals surface area (Å²) in [5.41, 5.74) is 9.38. The molecule has 2 atom stereocenters. The summed E-state index contributed by atoms with van der Waals surface area (Å²) in [5.74, 6) is 0.348. The van der Waals surface area contributed by atoms with Crippen LogP contribution in [0.4, 0.5) is 0 Å². The largest absolute Gasteiger partial charge is 0.489 e. The number of primary amides is 1. The summed E-state index contributed by atoms with van der Waals surface area (Å²) in [7, 11) is 0. The molecule has 1 aromatic heterocycles.